The summed E-state index contributed by atoms with van der Waals surface area (Å²) in [4.78, 5) is 24.0. The molecule has 1 aromatic carbocycles. The van der Waals surface area contributed by atoms with Gasteiger partial charge in [-0.3, -0.25) is 9.59 Å². The fourth-order valence-corrected chi connectivity index (χ4v) is 2.63. The molecule has 24 heavy (non-hydrogen) atoms. The molecule has 0 spiro atoms. The van der Waals surface area contributed by atoms with Crippen LogP contribution in [0.2, 0.25) is 0 Å². The molecule has 0 bridgehead atoms. The molecule has 4 heteroatoms. The molecule has 0 N–H and O–H groups in total. The van der Waals surface area contributed by atoms with Crippen molar-refractivity contribution in [1.82, 2.24) is 0 Å². The Labute approximate surface area is 142 Å². The molecule has 0 radical (unpaired) electrons. The predicted molar refractivity (Wildman–Crippen MR) is 93.1 cm³/mol. The Morgan fingerprint density at radius 1 is 0.958 bits per heavy atom. The van der Waals surface area contributed by atoms with Crippen molar-refractivity contribution in [2.75, 3.05) is 6.61 Å². The molecule has 2 rings (SSSR count). The highest BCUT2D eigenvalue weighted by atomic mass is 16.5. The largest absolute Gasteiger partial charge is 0.494 e. The van der Waals surface area contributed by atoms with Crippen molar-refractivity contribution in [3.8, 4) is 17.1 Å². The molecule has 1 heterocycles. The fourth-order valence-electron chi connectivity index (χ4n) is 2.63. The molecule has 0 unspecified atom stereocenters. The predicted octanol–water partition coefficient (Wildman–Crippen LogP) is 4.46. The number of hydrogen-bond donors (Lipinski definition) is 0. The number of benzene rings is 1. The van der Waals surface area contributed by atoms with E-state index in [4.69, 9.17) is 9.15 Å². The average Bonchev–Trinajstić information content (AvgIpc) is 3.08. The van der Waals surface area contributed by atoms with E-state index >= 15 is 0 Å². The minimum atomic E-state index is -0.598. The van der Waals surface area contributed by atoms with Crippen LogP contribution in [0, 0.1) is 5.92 Å². The molecular weight excluding hydrogens is 304 g/mol. The monoisotopic (exact) mass is 328 g/mol. The molecular formula is C20H24O4. The maximum absolute atomic E-state index is 12.0. The zero-order valence-corrected chi connectivity index (χ0v) is 14.5. The van der Waals surface area contributed by atoms with E-state index in [0.29, 0.717) is 31.6 Å². The number of rotatable bonds is 9. The van der Waals surface area contributed by atoms with Crippen LogP contribution in [-0.4, -0.2) is 18.2 Å². The summed E-state index contributed by atoms with van der Waals surface area (Å²) in [5, 5.41) is 0. The normalized spacial score (nSPS) is 10.8. The standard InChI is InChI=1S/C20H24O4/c1-4-18(21)17(19(22)5-2)13-16-11-12-20(24-16)14-7-9-15(10-8-14)23-6-3/h7-12,17H,4-6,13H2,1-3H3. The van der Waals surface area contributed by atoms with E-state index in [2.05, 4.69) is 0 Å². The first-order valence-electron chi connectivity index (χ1n) is 8.46. The second-order valence-corrected chi connectivity index (χ2v) is 5.62. The number of ether oxygens (including phenoxy) is 1. The molecule has 0 saturated heterocycles. The van der Waals surface area contributed by atoms with Crippen molar-refractivity contribution in [2.24, 2.45) is 5.92 Å². The van der Waals surface area contributed by atoms with Crippen molar-refractivity contribution >= 4 is 11.6 Å². The van der Waals surface area contributed by atoms with E-state index in [9.17, 15) is 9.59 Å². The highest BCUT2D eigenvalue weighted by Crippen LogP contribution is 2.26. The highest BCUT2D eigenvalue weighted by Gasteiger charge is 2.25. The van der Waals surface area contributed by atoms with Crippen LogP contribution in [0.1, 0.15) is 39.4 Å². The van der Waals surface area contributed by atoms with E-state index in [1.807, 2.05) is 43.3 Å². The molecule has 0 fully saturated rings. The lowest BCUT2D eigenvalue weighted by atomic mass is 9.91. The summed E-state index contributed by atoms with van der Waals surface area (Å²) in [6.07, 6.45) is 1.06. The Morgan fingerprint density at radius 3 is 2.12 bits per heavy atom. The van der Waals surface area contributed by atoms with Gasteiger partial charge in [0.1, 0.15) is 28.8 Å². The van der Waals surface area contributed by atoms with Crippen molar-refractivity contribution in [3.63, 3.8) is 0 Å². The van der Waals surface area contributed by atoms with Crippen molar-refractivity contribution in [2.45, 2.75) is 40.0 Å². The molecule has 4 nitrogen and oxygen atoms in total. The minimum Gasteiger partial charge on any atom is -0.494 e. The minimum absolute atomic E-state index is 0.0270. The third-order valence-corrected chi connectivity index (χ3v) is 3.99. The maximum atomic E-state index is 12.0. The Hall–Kier alpha value is -2.36. The molecule has 0 atom stereocenters. The zero-order valence-electron chi connectivity index (χ0n) is 14.5. The molecule has 1 aromatic heterocycles. The number of ketones is 2. The zero-order chi connectivity index (χ0) is 17.5. The Balaban J connectivity index is 2.14. The third-order valence-electron chi connectivity index (χ3n) is 3.99. The molecule has 0 aliphatic rings. The second kappa shape index (κ2) is 8.48. The topological polar surface area (TPSA) is 56.5 Å². The Morgan fingerprint density at radius 2 is 1.58 bits per heavy atom. The van der Waals surface area contributed by atoms with Crippen molar-refractivity contribution in [3.05, 3.63) is 42.2 Å². The SMILES string of the molecule is CCOc1ccc(-c2ccc(CC(C(=O)CC)C(=O)CC)o2)cc1. The third kappa shape index (κ3) is 4.34. The van der Waals surface area contributed by atoms with Gasteiger partial charge >= 0.3 is 0 Å². The average molecular weight is 328 g/mol. The summed E-state index contributed by atoms with van der Waals surface area (Å²) in [6, 6.07) is 11.4. The van der Waals surface area contributed by atoms with Crippen molar-refractivity contribution < 1.29 is 18.7 Å². The van der Waals surface area contributed by atoms with Gasteiger partial charge in [0.05, 0.1) is 12.5 Å². The van der Waals surface area contributed by atoms with Crippen LogP contribution >= 0.6 is 0 Å². The molecule has 0 saturated carbocycles. The smallest absolute Gasteiger partial charge is 0.143 e. The molecule has 0 aliphatic carbocycles. The number of carbonyl (C=O) groups excluding carboxylic acids is 2. The van der Waals surface area contributed by atoms with E-state index in [1.165, 1.54) is 0 Å². The summed E-state index contributed by atoms with van der Waals surface area (Å²) in [6.45, 7) is 6.14. The number of Topliss-reactive ketones (excluding diaryl/α,β-unsaturated/α-hetero) is 2. The van der Waals surface area contributed by atoms with Gasteiger partial charge in [-0.05, 0) is 43.3 Å². The molecule has 0 aliphatic heterocycles. The Bertz CT molecular complexity index is 666. The van der Waals surface area contributed by atoms with E-state index in [-0.39, 0.29) is 11.6 Å². The number of furan rings is 1. The van der Waals surface area contributed by atoms with Crippen LogP contribution in [-0.2, 0) is 16.0 Å². The van der Waals surface area contributed by atoms with Gasteiger partial charge in [-0.25, -0.2) is 0 Å². The van der Waals surface area contributed by atoms with Gasteiger partial charge in [0.2, 0.25) is 0 Å². The molecule has 2 aromatic rings. The summed E-state index contributed by atoms with van der Waals surface area (Å²) >= 11 is 0. The van der Waals surface area contributed by atoms with Gasteiger partial charge in [-0.1, -0.05) is 13.8 Å². The van der Waals surface area contributed by atoms with Crippen LogP contribution in [0.4, 0.5) is 0 Å². The molecule has 0 amide bonds. The first-order valence-corrected chi connectivity index (χ1v) is 8.46. The maximum Gasteiger partial charge on any atom is 0.143 e. The van der Waals surface area contributed by atoms with E-state index < -0.39 is 5.92 Å². The van der Waals surface area contributed by atoms with Gasteiger partial charge in [-0.2, -0.15) is 0 Å². The lowest BCUT2D eigenvalue weighted by Crippen LogP contribution is -2.25. The summed E-state index contributed by atoms with van der Waals surface area (Å²) < 4.78 is 11.3. The van der Waals surface area contributed by atoms with Crippen LogP contribution < -0.4 is 4.74 Å². The van der Waals surface area contributed by atoms with Crippen LogP contribution in [0.5, 0.6) is 5.75 Å². The summed E-state index contributed by atoms with van der Waals surface area (Å²) in [5.74, 6) is 1.54. The highest BCUT2D eigenvalue weighted by molar-refractivity contribution is 6.02. The van der Waals surface area contributed by atoms with Crippen LogP contribution in [0.3, 0.4) is 0 Å². The lowest BCUT2D eigenvalue weighted by Gasteiger charge is -2.11. The summed E-state index contributed by atoms with van der Waals surface area (Å²) in [7, 11) is 0. The number of carbonyl (C=O) groups is 2. The van der Waals surface area contributed by atoms with Gasteiger partial charge in [-0.15, -0.1) is 0 Å². The quantitative estimate of drug-likeness (QED) is 0.638. The summed E-state index contributed by atoms with van der Waals surface area (Å²) in [5.41, 5.74) is 0.935. The van der Waals surface area contributed by atoms with E-state index in [1.54, 1.807) is 13.8 Å². The van der Waals surface area contributed by atoms with Crippen LogP contribution in [0.25, 0.3) is 11.3 Å². The van der Waals surface area contributed by atoms with Crippen LogP contribution in [0.15, 0.2) is 40.8 Å². The lowest BCUT2D eigenvalue weighted by molar-refractivity contribution is -0.132. The first-order chi connectivity index (χ1) is 11.6. The van der Waals surface area contributed by atoms with Crippen molar-refractivity contribution in [1.29, 1.82) is 0 Å². The van der Waals surface area contributed by atoms with Gasteiger partial charge in [0, 0.05) is 24.8 Å². The fraction of sp³-hybridized carbons (Fsp3) is 0.400. The van der Waals surface area contributed by atoms with Gasteiger partial charge < -0.3 is 9.15 Å². The number of hydrogen-bond acceptors (Lipinski definition) is 4. The van der Waals surface area contributed by atoms with E-state index in [0.717, 1.165) is 17.1 Å². The van der Waals surface area contributed by atoms with Gasteiger partial charge in [0.15, 0.2) is 0 Å². The van der Waals surface area contributed by atoms with Gasteiger partial charge in [0.25, 0.3) is 0 Å². The first kappa shape index (κ1) is 18.0. The Kier molecular flexibility index (Phi) is 6.36. The second-order valence-electron chi connectivity index (χ2n) is 5.62. The molecule has 128 valence electrons.